The van der Waals surface area contributed by atoms with Gasteiger partial charge in [0.25, 0.3) is 0 Å². The lowest BCUT2D eigenvalue weighted by molar-refractivity contribution is 0.309. The van der Waals surface area contributed by atoms with E-state index in [0.717, 1.165) is 18.8 Å². The number of ether oxygens (including phenoxy) is 1. The fourth-order valence-corrected chi connectivity index (χ4v) is 0.969. The highest BCUT2D eigenvalue weighted by molar-refractivity contribution is 6.32. The average molecular weight is 198 g/mol. The first kappa shape index (κ1) is 15.5. The summed E-state index contributed by atoms with van der Waals surface area (Å²) in [6, 6.07) is 8.18. The molecule has 0 aliphatic carbocycles. The lowest BCUT2D eigenvalue weighted by Crippen LogP contribution is -2.01. The van der Waals surface area contributed by atoms with E-state index in [1.165, 1.54) is 11.9 Å². The monoisotopic (exact) mass is 198 g/mol. The molecule has 0 aliphatic rings. The summed E-state index contributed by atoms with van der Waals surface area (Å²) in [7, 11) is 2.08. The molecule has 0 fully saturated rings. The molecule has 4 heteroatoms. The van der Waals surface area contributed by atoms with Gasteiger partial charge in [0.15, 0.2) is 0 Å². The summed E-state index contributed by atoms with van der Waals surface area (Å²) in [5, 5.41) is 0. The van der Waals surface area contributed by atoms with Gasteiger partial charge >= 0.3 is 0 Å². The molecular formula is C10H19BO3. The molecule has 1 rings (SSSR count). The topological polar surface area (TPSA) is 72.2 Å². The average Bonchev–Trinajstić information content (AvgIpc) is 2.09. The Hall–Kier alpha value is -0.995. The number of hydrogen-bond donors (Lipinski definition) is 0. The molecule has 80 valence electrons. The largest absolute Gasteiger partial charge is 0.494 e. The fraction of sp³-hybridized carbons (Fsp3) is 0.400. The van der Waals surface area contributed by atoms with Gasteiger partial charge in [0.1, 0.15) is 13.6 Å². The highest BCUT2D eigenvalue weighted by Crippen LogP contribution is 2.07. The van der Waals surface area contributed by atoms with E-state index in [9.17, 15) is 0 Å². The molecular weight excluding hydrogens is 179 g/mol. The minimum Gasteiger partial charge on any atom is -0.494 e. The third kappa shape index (κ3) is 5.62. The summed E-state index contributed by atoms with van der Waals surface area (Å²) in [4.78, 5) is 0. The second-order valence-corrected chi connectivity index (χ2v) is 3.02. The standard InChI is InChI=1S/C10H15BO.2H2O/c1-2-3-8-12-10-6-4-9(11)5-7-10;;/h4-7H,2-3,8,11H2,1H3;2*1H2. The van der Waals surface area contributed by atoms with Crippen molar-refractivity contribution in [3.05, 3.63) is 24.3 Å². The molecule has 0 atom stereocenters. The van der Waals surface area contributed by atoms with Gasteiger partial charge in [0.2, 0.25) is 0 Å². The van der Waals surface area contributed by atoms with E-state index < -0.39 is 0 Å². The Morgan fingerprint density at radius 1 is 1.14 bits per heavy atom. The molecule has 14 heavy (non-hydrogen) atoms. The van der Waals surface area contributed by atoms with Gasteiger partial charge in [-0.3, -0.25) is 0 Å². The maximum Gasteiger partial charge on any atom is 0.139 e. The minimum absolute atomic E-state index is 0. The highest BCUT2D eigenvalue weighted by atomic mass is 16.5. The van der Waals surface area contributed by atoms with Crippen LogP contribution in [0.25, 0.3) is 0 Å². The second kappa shape index (κ2) is 8.60. The Morgan fingerprint density at radius 2 is 1.71 bits per heavy atom. The maximum atomic E-state index is 5.50. The molecule has 1 aromatic carbocycles. The minimum atomic E-state index is 0. The SMILES string of the molecule is Bc1ccc(OCCCC)cc1.O.O. The van der Waals surface area contributed by atoms with Crippen molar-refractivity contribution >= 4 is 13.3 Å². The van der Waals surface area contributed by atoms with Crippen LogP contribution in [-0.4, -0.2) is 25.4 Å². The Morgan fingerprint density at radius 3 is 2.21 bits per heavy atom. The molecule has 0 aliphatic heterocycles. The van der Waals surface area contributed by atoms with E-state index in [2.05, 4.69) is 26.9 Å². The summed E-state index contributed by atoms with van der Waals surface area (Å²) < 4.78 is 5.50. The zero-order valence-corrected chi connectivity index (χ0v) is 8.84. The zero-order valence-electron chi connectivity index (χ0n) is 8.84. The number of hydrogen-bond acceptors (Lipinski definition) is 1. The van der Waals surface area contributed by atoms with Crippen molar-refractivity contribution in [2.75, 3.05) is 6.61 Å². The number of rotatable bonds is 4. The van der Waals surface area contributed by atoms with E-state index in [-0.39, 0.29) is 11.0 Å². The smallest absolute Gasteiger partial charge is 0.139 e. The van der Waals surface area contributed by atoms with Crippen LogP contribution in [0.2, 0.25) is 0 Å². The Bertz CT molecular complexity index is 223. The normalized spacial score (nSPS) is 8.36. The van der Waals surface area contributed by atoms with Crippen LogP contribution in [0, 0.1) is 0 Å². The van der Waals surface area contributed by atoms with Crippen molar-refractivity contribution < 1.29 is 15.7 Å². The summed E-state index contributed by atoms with van der Waals surface area (Å²) in [5.74, 6) is 0.981. The Kier molecular flexibility index (Phi) is 9.50. The fourth-order valence-electron chi connectivity index (χ4n) is 0.969. The van der Waals surface area contributed by atoms with Gasteiger partial charge in [0.05, 0.1) is 6.61 Å². The van der Waals surface area contributed by atoms with Gasteiger partial charge in [-0.2, -0.15) is 0 Å². The highest BCUT2D eigenvalue weighted by Gasteiger charge is 1.90. The first-order valence-electron chi connectivity index (χ1n) is 4.52. The van der Waals surface area contributed by atoms with Crippen molar-refractivity contribution in [2.45, 2.75) is 19.8 Å². The van der Waals surface area contributed by atoms with Crippen LogP contribution in [0.15, 0.2) is 24.3 Å². The lowest BCUT2D eigenvalue weighted by atomic mass is 9.97. The molecule has 0 saturated carbocycles. The van der Waals surface area contributed by atoms with Crippen LogP contribution in [0.3, 0.4) is 0 Å². The van der Waals surface area contributed by atoms with E-state index in [0.29, 0.717) is 0 Å². The van der Waals surface area contributed by atoms with Gasteiger partial charge in [-0.25, -0.2) is 0 Å². The molecule has 1 aromatic rings. The van der Waals surface area contributed by atoms with Crippen molar-refractivity contribution in [1.29, 1.82) is 0 Å². The van der Waals surface area contributed by atoms with E-state index >= 15 is 0 Å². The van der Waals surface area contributed by atoms with Crippen LogP contribution < -0.4 is 10.2 Å². The first-order valence-corrected chi connectivity index (χ1v) is 4.52. The molecule has 0 aromatic heterocycles. The van der Waals surface area contributed by atoms with Crippen molar-refractivity contribution in [1.82, 2.24) is 0 Å². The molecule has 0 spiro atoms. The Labute approximate surface area is 86.1 Å². The van der Waals surface area contributed by atoms with Gasteiger partial charge in [-0.1, -0.05) is 30.9 Å². The first-order chi connectivity index (χ1) is 5.83. The predicted molar refractivity (Wildman–Crippen MR) is 62.3 cm³/mol. The molecule has 0 bridgehead atoms. The van der Waals surface area contributed by atoms with Crippen molar-refractivity contribution in [2.24, 2.45) is 0 Å². The quantitative estimate of drug-likeness (QED) is 0.473. The molecule has 0 heterocycles. The summed E-state index contributed by atoms with van der Waals surface area (Å²) >= 11 is 0. The van der Waals surface area contributed by atoms with E-state index in [4.69, 9.17) is 4.74 Å². The van der Waals surface area contributed by atoms with Crippen molar-refractivity contribution in [3.63, 3.8) is 0 Å². The molecule has 0 amide bonds. The van der Waals surface area contributed by atoms with Gasteiger partial charge in [-0.15, -0.1) is 0 Å². The van der Waals surface area contributed by atoms with Crippen LogP contribution in [0.4, 0.5) is 0 Å². The van der Waals surface area contributed by atoms with E-state index in [1.54, 1.807) is 0 Å². The van der Waals surface area contributed by atoms with Gasteiger partial charge in [-0.05, 0) is 18.6 Å². The number of unbranched alkanes of at least 4 members (excludes halogenated alkanes) is 1. The Balaban J connectivity index is 0. The molecule has 3 nitrogen and oxygen atoms in total. The molecule has 0 unspecified atom stereocenters. The molecule has 0 radical (unpaired) electrons. The van der Waals surface area contributed by atoms with Crippen LogP contribution >= 0.6 is 0 Å². The van der Waals surface area contributed by atoms with Crippen LogP contribution in [0.1, 0.15) is 19.8 Å². The second-order valence-electron chi connectivity index (χ2n) is 3.02. The third-order valence-corrected chi connectivity index (χ3v) is 1.79. The van der Waals surface area contributed by atoms with Crippen LogP contribution in [0.5, 0.6) is 5.75 Å². The summed E-state index contributed by atoms with van der Waals surface area (Å²) in [5.41, 5.74) is 1.28. The summed E-state index contributed by atoms with van der Waals surface area (Å²) in [6.45, 7) is 3.00. The van der Waals surface area contributed by atoms with Gasteiger partial charge < -0.3 is 15.7 Å². The van der Waals surface area contributed by atoms with Crippen molar-refractivity contribution in [3.8, 4) is 5.75 Å². The molecule has 0 saturated heterocycles. The number of benzene rings is 1. The maximum absolute atomic E-state index is 5.50. The summed E-state index contributed by atoms with van der Waals surface area (Å²) in [6.07, 6.45) is 2.32. The van der Waals surface area contributed by atoms with E-state index in [1.807, 2.05) is 12.1 Å². The zero-order chi connectivity index (χ0) is 8.81. The van der Waals surface area contributed by atoms with Crippen LogP contribution in [-0.2, 0) is 0 Å². The third-order valence-electron chi connectivity index (χ3n) is 1.79. The lowest BCUT2D eigenvalue weighted by Gasteiger charge is -2.04. The van der Waals surface area contributed by atoms with Gasteiger partial charge in [0, 0.05) is 0 Å². The predicted octanol–water partition coefficient (Wildman–Crippen LogP) is -0.526. The molecule has 4 N–H and O–H groups in total.